The van der Waals surface area contributed by atoms with Crippen molar-refractivity contribution in [3.05, 3.63) is 24.0 Å². The van der Waals surface area contributed by atoms with Crippen molar-refractivity contribution < 1.29 is 27.4 Å². The van der Waals surface area contributed by atoms with E-state index in [9.17, 15) is 18.0 Å². The summed E-state index contributed by atoms with van der Waals surface area (Å²) in [7, 11) is 1.73. The Labute approximate surface area is 209 Å². The smallest absolute Gasteiger partial charge is 0.379 e. The van der Waals surface area contributed by atoms with Crippen LogP contribution < -0.4 is 10.2 Å². The molecular formula is C26H35F3N4O3. The van der Waals surface area contributed by atoms with Crippen molar-refractivity contribution in [2.24, 2.45) is 11.3 Å². The normalized spacial score (nSPS) is 38.1. The molecule has 7 atom stereocenters. The number of carbonyl (C=O) groups is 1. The molecule has 3 aliphatic heterocycles. The Morgan fingerprint density at radius 2 is 2.11 bits per heavy atom. The number of nitrogens with one attached hydrogen (secondary N) is 1. The minimum Gasteiger partial charge on any atom is -0.379 e. The van der Waals surface area contributed by atoms with Gasteiger partial charge in [0.05, 0.1) is 24.2 Å². The van der Waals surface area contributed by atoms with E-state index >= 15 is 0 Å². The van der Waals surface area contributed by atoms with E-state index in [1.807, 2.05) is 4.90 Å². The lowest BCUT2D eigenvalue weighted by Gasteiger charge is -2.41. The van der Waals surface area contributed by atoms with E-state index in [0.717, 1.165) is 57.6 Å². The number of alkyl halides is 3. The van der Waals surface area contributed by atoms with Crippen LogP contribution >= 0.6 is 0 Å². The first-order valence-electron chi connectivity index (χ1n) is 13.3. The first kappa shape index (κ1) is 24.4. The van der Waals surface area contributed by atoms with Gasteiger partial charge in [-0.2, -0.15) is 13.2 Å². The lowest BCUT2D eigenvalue weighted by Crippen LogP contribution is -2.54. The monoisotopic (exact) mass is 508 g/mol. The van der Waals surface area contributed by atoms with Crippen LogP contribution in [0, 0.1) is 11.3 Å². The van der Waals surface area contributed by atoms with Gasteiger partial charge in [0.1, 0.15) is 5.69 Å². The number of anilines is 1. The maximum absolute atomic E-state index is 14.1. The highest BCUT2D eigenvalue weighted by atomic mass is 19.4. The van der Waals surface area contributed by atoms with Crippen LogP contribution in [0.3, 0.4) is 0 Å². The number of aromatic nitrogens is 1. The number of carbonyl (C=O) groups excluding carboxylic acids is 1. The number of halogens is 3. The van der Waals surface area contributed by atoms with Crippen molar-refractivity contribution in [2.45, 2.75) is 81.4 Å². The van der Waals surface area contributed by atoms with E-state index in [4.69, 9.17) is 9.47 Å². The van der Waals surface area contributed by atoms with Crippen LogP contribution in [0.2, 0.25) is 0 Å². The van der Waals surface area contributed by atoms with E-state index in [2.05, 4.69) is 15.2 Å². The van der Waals surface area contributed by atoms with Crippen molar-refractivity contribution in [3.63, 3.8) is 0 Å². The van der Waals surface area contributed by atoms with Crippen LogP contribution in [0.4, 0.5) is 18.9 Å². The van der Waals surface area contributed by atoms with Gasteiger partial charge in [0.25, 0.3) is 0 Å². The summed E-state index contributed by atoms with van der Waals surface area (Å²) in [5, 5.41) is 3.82. The van der Waals surface area contributed by atoms with Gasteiger partial charge in [0.2, 0.25) is 5.91 Å². The third-order valence-corrected chi connectivity index (χ3v) is 9.49. The van der Waals surface area contributed by atoms with Gasteiger partial charge in [-0.1, -0.05) is 6.42 Å². The molecule has 2 bridgehead atoms. The average molecular weight is 509 g/mol. The Morgan fingerprint density at radius 3 is 2.86 bits per heavy atom. The first-order valence-corrected chi connectivity index (χ1v) is 13.3. The number of fused-ring (bicyclic) bond motifs is 3. The van der Waals surface area contributed by atoms with E-state index < -0.39 is 11.9 Å². The van der Waals surface area contributed by atoms with Crippen LogP contribution in [0.5, 0.6) is 0 Å². The minimum absolute atomic E-state index is 0.0391. The molecule has 2 saturated carbocycles. The number of hydrogen-bond acceptors (Lipinski definition) is 6. The molecule has 7 nitrogen and oxygen atoms in total. The number of methoxy groups -OCH3 is 1. The molecule has 3 saturated heterocycles. The zero-order valence-electron chi connectivity index (χ0n) is 20.7. The molecule has 0 spiro atoms. The largest absolute Gasteiger partial charge is 0.433 e. The number of ether oxygens (including phenoxy) is 2. The third kappa shape index (κ3) is 4.09. The predicted molar refractivity (Wildman–Crippen MR) is 126 cm³/mol. The van der Waals surface area contributed by atoms with Crippen LogP contribution in [-0.4, -0.2) is 79.5 Å². The van der Waals surface area contributed by atoms with Crippen LogP contribution in [0.1, 0.15) is 50.6 Å². The van der Waals surface area contributed by atoms with Gasteiger partial charge < -0.3 is 24.6 Å². The van der Waals surface area contributed by atoms with E-state index in [-0.39, 0.29) is 35.6 Å². The SMILES string of the molecule is CO[C@@H]1COCC[C@@H]1N[C@@H]1C[C@H]2CCC[C@@]2(C(=O)N2C[C@H]3C[C@H]2CN3c2ccnc(C(F)(F)F)c2)C1. The maximum Gasteiger partial charge on any atom is 0.433 e. The molecule has 4 heterocycles. The predicted octanol–water partition coefficient (Wildman–Crippen LogP) is 3.23. The van der Waals surface area contributed by atoms with Gasteiger partial charge in [0, 0.05) is 56.8 Å². The number of likely N-dealkylation sites (tertiary alicyclic amines) is 1. The van der Waals surface area contributed by atoms with Crippen molar-refractivity contribution >= 4 is 11.6 Å². The summed E-state index contributed by atoms with van der Waals surface area (Å²) in [6.07, 6.45) is 3.54. The molecule has 36 heavy (non-hydrogen) atoms. The summed E-state index contributed by atoms with van der Waals surface area (Å²) in [6, 6.07) is 3.44. The molecular weight excluding hydrogens is 473 g/mol. The number of pyridine rings is 1. The first-order chi connectivity index (χ1) is 17.3. The third-order valence-electron chi connectivity index (χ3n) is 9.49. The van der Waals surface area contributed by atoms with Gasteiger partial charge in [-0.3, -0.25) is 9.78 Å². The highest BCUT2D eigenvalue weighted by Crippen LogP contribution is 2.56. The van der Waals surface area contributed by atoms with Gasteiger partial charge in [-0.25, -0.2) is 0 Å². The number of hydrogen-bond donors (Lipinski definition) is 1. The van der Waals surface area contributed by atoms with Crippen molar-refractivity contribution in [1.82, 2.24) is 15.2 Å². The Kier molecular flexibility index (Phi) is 6.20. The number of amides is 1. The molecule has 1 aromatic rings. The Balaban J connectivity index is 1.13. The summed E-state index contributed by atoms with van der Waals surface area (Å²) in [4.78, 5) is 21.7. The molecule has 1 N–H and O–H groups in total. The Morgan fingerprint density at radius 1 is 1.25 bits per heavy atom. The second kappa shape index (κ2) is 9.13. The minimum atomic E-state index is -4.46. The summed E-state index contributed by atoms with van der Waals surface area (Å²) >= 11 is 0. The van der Waals surface area contributed by atoms with Gasteiger partial charge in [0.15, 0.2) is 0 Å². The van der Waals surface area contributed by atoms with Gasteiger partial charge >= 0.3 is 6.18 Å². The topological polar surface area (TPSA) is 66.9 Å². The summed E-state index contributed by atoms with van der Waals surface area (Å²) in [6.45, 7) is 2.50. The fourth-order valence-electron chi connectivity index (χ4n) is 7.83. The van der Waals surface area contributed by atoms with E-state index in [1.54, 1.807) is 13.2 Å². The fraction of sp³-hybridized carbons (Fsp3) is 0.769. The fourth-order valence-corrected chi connectivity index (χ4v) is 7.83. The van der Waals surface area contributed by atoms with Crippen LogP contribution in [-0.2, 0) is 20.4 Å². The molecule has 0 aromatic carbocycles. The zero-order valence-corrected chi connectivity index (χ0v) is 20.7. The second-order valence-corrected chi connectivity index (χ2v) is 11.3. The van der Waals surface area contributed by atoms with Crippen molar-refractivity contribution in [2.75, 3.05) is 38.3 Å². The van der Waals surface area contributed by atoms with Crippen LogP contribution in [0.15, 0.2) is 18.3 Å². The van der Waals surface area contributed by atoms with Gasteiger partial charge in [-0.15, -0.1) is 0 Å². The van der Waals surface area contributed by atoms with E-state index in [0.29, 0.717) is 37.3 Å². The quantitative estimate of drug-likeness (QED) is 0.659. The summed E-state index contributed by atoms with van der Waals surface area (Å²) < 4.78 is 50.7. The second-order valence-electron chi connectivity index (χ2n) is 11.3. The molecule has 5 fully saturated rings. The van der Waals surface area contributed by atoms with E-state index in [1.165, 1.54) is 6.20 Å². The molecule has 6 rings (SSSR count). The van der Waals surface area contributed by atoms with Crippen molar-refractivity contribution in [3.8, 4) is 0 Å². The zero-order chi connectivity index (χ0) is 25.1. The lowest BCUT2D eigenvalue weighted by molar-refractivity contribution is -0.144. The highest BCUT2D eigenvalue weighted by Gasteiger charge is 2.59. The van der Waals surface area contributed by atoms with Gasteiger partial charge in [-0.05, 0) is 56.6 Å². The number of rotatable bonds is 5. The van der Waals surface area contributed by atoms with Crippen LogP contribution in [0.25, 0.3) is 0 Å². The Bertz CT molecular complexity index is 993. The molecule has 5 aliphatic rings. The molecule has 1 amide bonds. The average Bonchev–Trinajstić information content (AvgIpc) is 3.63. The molecule has 198 valence electrons. The summed E-state index contributed by atoms with van der Waals surface area (Å²) in [5.41, 5.74) is -0.628. The molecule has 0 radical (unpaired) electrons. The summed E-state index contributed by atoms with van der Waals surface area (Å²) in [5.74, 6) is 0.676. The highest BCUT2D eigenvalue weighted by molar-refractivity contribution is 5.85. The molecule has 1 aromatic heterocycles. The Hall–Kier alpha value is -1.91. The number of nitrogens with zero attached hydrogens (tertiary/aromatic N) is 3. The standard InChI is InChI=1S/C26H35F3N4O3/c1-35-22-15-36-8-5-21(22)31-17-9-16-3-2-6-25(16,12-17)24(34)33-14-19-10-20(33)13-32(19)18-4-7-30-23(11-18)26(27,28)29/h4,7,11,16-17,19-22,31H,2-3,5-6,8-10,12-15H2,1H3/t16-,17-,19-,20+,21+,22-,25-/m1/s1. The molecule has 10 heteroatoms. The molecule has 2 aliphatic carbocycles. The van der Waals surface area contributed by atoms with Crippen molar-refractivity contribution in [1.29, 1.82) is 0 Å². The number of piperazine rings is 1. The maximum atomic E-state index is 14.1. The lowest BCUT2D eigenvalue weighted by atomic mass is 9.78. The molecule has 0 unspecified atom stereocenters.